The Morgan fingerprint density at radius 3 is 2.24 bits per heavy atom. The number of nitrogens with zero attached hydrogens (tertiary/aromatic N) is 1. The highest BCUT2D eigenvalue weighted by molar-refractivity contribution is 7.92. The minimum atomic E-state index is -3.66. The third-order valence-electron chi connectivity index (χ3n) is 3.08. The van der Waals surface area contributed by atoms with Crippen LogP contribution in [-0.2, 0) is 14.8 Å². The first-order valence-corrected chi connectivity index (χ1v) is 7.69. The van der Waals surface area contributed by atoms with E-state index in [-0.39, 0.29) is 4.90 Å². The molecule has 5 nitrogen and oxygen atoms in total. The number of isocyanates is 1. The average molecular weight is 302 g/mol. The van der Waals surface area contributed by atoms with Gasteiger partial charge in [-0.15, -0.1) is 0 Å². The largest absolute Gasteiger partial charge is 0.280 e. The monoisotopic (exact) mass is 302 g/mol. The number of rotatable bonds is 4. The summed E-state index contributed by atoms with van der Waals surface area (Å²) in [4.78, 5) is 13.7. The van der Waals surface area contributed by atoms with Crippen LogP contribution >= 0.6 is 0 Å². The summed E-state index contributed by atoms with van der Waals surface area (Å²) in [5, 5.41) is 0. The van der Waals surface area contributed by atoms with Gasteiger partial charge in [0.15, 0.2) is 0 Å². The molecule has 0 unspecified atom stereocenters. The van der Waals surface area contributed by atoms with Crippen molar-refractivity contribution in [2.75, 3.05) is 4.72 Å². The van der Waals surface area contributed by atoms with Gasteiger partial charge < -0.3 is 0 Å². The molecule has 0 aliphatic rings. The molecule has 2 aromatic carbocycles. The van der Waals surface area contributed by atoms with Crippen LogP contribution in [0.25, 0.3) is 0 Å². The van der Waals surface area contributed by atoms with Crippen LogP contribution in [0.5, 0.6) is 0 Å². The van der Waals surface area contributed by atoms with Crippen molar-refractivity contribution in [2.24, 2.45) is 4.99 Å². The van der Waals surface area contributed by atoms with Gasteiger partial charge in [-0.05, 0) is 61.4 Å². The smallest absolute Gasteiger partial charge is 0.261 e. The molecule has 2 aromatic rings. The third-order valence-corrected chi connectivity index (χ3v) is 4.48. The lowest BCUT2D eigenvalue weighted by Gasteiger charge is -2.10. The summed E-state index contributed by atoms with van der Waals surface area (Å²) in [6, 6.07) is 11.0. The summed E-state index contributed by atoms with van der Waals surface area (Å²) in [5.41, 5.74) is 2.96. The second kappa shape index (κ2) is 5.91. The number of benzene rings is 2. The normalized spacial score (nSPS) is 10.8. The van der Waals surface area contributed by atoms with Gasteiger partial charge in [0.2, 0.25) is 6.08 Å². The molecule has 0 amide bonds. The Balaban J connectivity index is 2.29. The Morgan fingerprint density at radius 2 is 1.67 bits per heavy atom. The van der Waals surface area contributed by atoms with Crippen LogP contribution < -0.4 is 4.72 Å². The molecule has 0 aliphatic heterocycles. The van der Waals surface area contributed by atoms with Gasteiger partial charge in [0.1, 0.15) is 0 Å². The Morgan fingerprint density at radius 1 is 1.00 bits per heavy atom. The maximum Gasteiger partial charge on any atom is 0.261 e. The first-order chi connectivity index (χ1) is 9.92. The molecule has 0 heterocycles. The maximum absolute atomic E-state index is 12.2. The van der Waals surface area contributed by atoms with E-state index in [2.05, 4.69) is 9.71 Å². The highest BCUT2D eigenvalue weighted by atomic mass is 32.2. The summed E-state index contributed by atoms with van der Waals surface area (Å²) >= 11 is 0. The van der Waals surface area contributed by atoms with Gasteiger partial charge in [0.05, 0.1) is 10.6 Å². The zero-order valence-electron chi connectivity index (χ0n) is 11.6. The zero-order chi connectivity index (χ0) is 15.5. The van der Waals surface area contributed by atoms with E-state index in [1.54, 1.807) is 12.1 Å². The number of aryl methyl sites for hydroxylation is 2. The topological polar surface area (TPSA) is 75.6 Å². The predicted molar refractivity (Wildman–Crippen MR) is 80.9 cm³/mol. The van der Waals surface area contributed by atoms with E-state index < -0.39 is 10.0 Å². The van der Waals surface area contributed by atoms with Crippen LogP contribution in [0.2, 0.25) is 0 Å². The molecule has 6 heteroatoms. The Labute approximate surface area is 123 Å². The average Bonchev–Trinajstić information content (AvgIpc) is 2.44. The number of hydrogen-bond donors (Lipinski definition) is 1. The molecule has 21 heavy (non-hydrogen) atoms. The quantitative estimate of drug-likeness (QED) is 0.696. The molecule has 0 saturated heterocycles. The molecule has 108 valence electrons. The van der Waals surface area contributed by atoms with E-state index >= 15 is 0 Å². The van der Waals surface area contributed by atoms with Gasteiger partial charge in [0.25, 0.3) is 10.0 Å². The molecule has 1 N–H and O–H groups in total. The molecule has 0 radical (unpaired) electrons. The fraction of sp³-hybridized carbons (Fsp3) is 0.133. The molecule has 0 aliphatic carbocycles. The summed E-state index contributed by atoms with van der Waals surface area (Å²) in [6.07, 6.45) is 1.40. The van der Waals surface area contributed by atoms with Crippen molar-refractivity contribution in [1.82, 2.24) is 0 Å². The van der Waals surface area contributed by atoms with Crippen molar-refractivity contribution in [3.05, 3.63) is 53.6 Å². The molecule has 0 aromatic heterocycles. The number of anilines is 1. The second-order valence-corrected chi connectivity index (χ2v) is 6.28. The van der Waals surface area contributed by atoms with Crippen LogP contribution in [0.1, 0.15) is 11.1 Å². The second-order valence-electron chi connectivity index (χ2n) is 4.60. The number of nitrogens with one attached hydrogen (secondary N) is 1. The minimum Gasteiger partial charge on any atom is -0.280 e. The summed E-state index contributed by atoms with van der Waals surface area (Å²) in [5.74, 6) is 0. The van der Waals surface area contributed by atoms with Crippen molar-refractivity contribution in [3.63, 3.8) is 0 Å². The van der Waals surface area contributed by atoms with E-state index in [4.69, 9.17) is 0 Å². The van der Waals surface area contributed by atoms with Crippen molar-refractivity contribution >= 4 is 27.5 Å². The van der Waals surface area contributed by atoms with Crippen molar-refractivity contribution in [1.29, 1.82) is 0 Å². The summed E-state index contributed by atoms with van der Waals surface area (Å²) in [7, 11) is -3.66. The van der Waals surface area contributed by atoms with E-state index in [9.17, 15) is 13.2 Å². The fourth-order valence-electron chi connectivity index (χ4n) is 1.77. The number of hydrogen-bond acceptors (Lipinski definition) is 4. The number of aliphatic imine (C=N–C) groups is 1. The minimum absolute atomic E-state index is 0.102. The van der Waals surface area contributed by atoms with Gasteiger partial charge in [-0.25, -0.2) is 13.2 Å². The number of carbonyl (C=O) groups excluding carboxylic acids is 1. The van der Waals surface area contributed by atoms with Crippen molar-refractivity contribution in [2.45, 2.75) is 18.7 Å². The van der Waals surface area contributed by atoms with Crippen LogP contribution in [0.15, 0.2) is 52.4 Å². The standard InChI is InChI=1S/C15H14N2O3S/c1-11-3-4-14(9-12(11)2)17-21(19,20)15-7-5-13(6-8-15)16-10-18/h3-9,17H,1-2H3. The zero-order valence-corrected chi connectivity index (χ0v) is 12.4. The summed E-state index contributed by atoms with van der Waals surface area (Å²) in [6.45, 7) is 3.87. The maximum atomic E-state index is 12.2. The van der Waals surface area contributed by atoms with Crippen LogP contribution in [0.4, 0.5) is 11.4 Å². The van der Waals surface area contributed by atoms with Gasteiger partial charge in [0, 0.05) is 5.69 Å². The third kappa shape index (κ3) is 3.56. The highest BCUT2D eigenvalue weighted by Crippen LogP contribution is 2.21. The van der Waals surface area contributed by atoms with E-state index in [1.807, 2.05) is 19.9 Å². The first kappa shape index (κ1) is 15.0. The Kier molecular flexibility index (Phi) is 4.21. The molecule has 0 bridgehead atoms. The molecular formula is C15H14N2O3S. The molecule has 2 rings (SSSR count). The fourth-order valence-corrected chi connectivity index (χ4v) is 2.82. The van der Waals surface area contributed by atoms with E-state index in [0.717, 1.165) is 11.1 Å². The SMILES string of the molecule is Cc1ccc(NS(=O)(=O)c2ccc(N=C=O)cc2)cc1C. The Bertz CT molecular complexity index is 805. The van der Waals surface area contributed by atoms with Crippen molar-refractivity contribution < 1.29 is 13.2 Å². The lowest BCUT2D eigenvalue weighted by atomic mass is 10.1. The lowest BCUT2D eigenvalue weighted by molar-refractivity contribution is 0.565. The molecule has 0 spiro atoms. The predicted octanol–water partition coefficient (Wildman–Crippen LogP) is 3.07. The highest BCUT2D eigenvalue weighted by Gasteiger charge is 2.14. The lowest BCUT2D eigenvalue weighted by Crippen LogP contribution is -2.12. The van der Waals surface area contributed by atoms with Crippen LogP contribution in [-0.4, -0.2) is 14.5 Å². The number of sulfonamides is 1. The van der Waals surface area contributed by atoms with Gasteiger partial charge in [-0.2, -0.15) is 4.99 Å². The van der Waals surface area contributed by atoms with E-state index in [0.29, 0.717) is 11.4 Å². The molecular weight excluding hydrogens is 288 g/mol. The van der Waals surface area contributed by atoms with Gasteiger partial charge >= 0.3 is 0 Å². The molecule has 0 fully saturated rings. The molecule has 0 saturated carbocycles. The molecule has 0 atom stereocenters. The van der Waals surface area contributed by atoms with E-state index in [1.165, 1.54) is 30.3 Å². The van der Waals surface area contributed by atoms with Crippen LogP contribution in [0, 0.1) is 13.8 Å². The Hall–Kier alpha value is -2.43. The van der Waals surface area contributed by atoms with Crippen molar-refractivity contribution in [3.8, 4) is 0 Å². The first-order valence-electron chi connectivity index (χ1n) is 6.20. The van der Waals surface area contributed by atoms with Crippen LogP contribution in [0.3, 0.4) is 0 Å². The van der Waals surface area contributed by atoms with Gasteiger partial charge in [-0.3, -0.25) is 4.72 Å². The van der Waals surface area contributed by atoms with Gasteiger partial charge in [-0.1, -0.05) is 6.07 Å². The summed E-state index contributed by atoms with van der Waals surface area (Å²) < 4.78 is 27.0.